The van der Waals surface area contributed by atoms with E-state index in [9.17, 15) is 8.42 Å². The van der Waals surface area contributed by atoms with Gasteiger partial charge in [0.15, 0.2) is 0 Å². The summed E-state index contributed by atoms with van der Waals surface area (Å²) in [6, 6.07) is 8.37. The minimum Gasteiger partial charge on any atom is -0.412 e. The highest BCUT2D eigenvalue weighted by atomic mass is 32.2. The van der Waals surface area contributed by atoms with Crippen molar-refractivity contribution in [3.8, 4) is 5.75 Å². The molecule has 0 aromatic heterocycles. The summed E-state index contributed by atoms with van der Waals surface area (Å²) >= 11 is 0. The average molecular weight is 190 g/mol. The molecule has 0 saturated carbocycles. The molecule has 1 rings (SSSR count). The van der Waals surface area contributed by atoms with Crippen LogP contribution in [0, 0.1) is 0 Å². The number of benzene rings is 1. The Balaban J connectivity index is 0.00000121. The molecule has 0 bridgehead atoms. The number of hydrogen-bond acceptors (Lipinski definition) is 3. The van der Waals surface area contributed by atoms with Gasteiger partial charge in [-0.2, -0.15) is 8.42 Å². The second-order valence-corrected chi connectivity index (χ2v) is 3.68. The van der Waals surface area contributed by atoms with Crippen molar-refractivity contribution in [3.63, 3.8) is 0 Å². The molecule has 1 aromatic carbocycles. The SMILES string of the molecule is CS(=O)(=O)Oc1ccccc1.O. The lowest BCUT2D eigenvalue weighted by molar-refractivity contribution is 0.493. The average Bonchev–Trinajstić information content (AvgIpc) is 1.85. The van der Waals surface area contributed by atoms with E-state index in [0.29, 0.717) is 5.75 Å². The summed E-state index contributed by atoms with van der Waals surface area (Å²) in [5.41, 5.74) is 0. The Morgan fingerprint density at radius 2 is 1.67 bits per heavy atom. The zero-order valence-corrected chi connectivity index (χ0v) is 7.34. The summed E-state index contributed by atoms with van der Waals surface area (Å²) in [6.07, 6.45) is 1.01. The van der Waals surface area contributed by atoms with Crippen molar-refractivity contribution in [2.24, 2.45) is 0 Å². The van der Waals surface area contributed by atoms with Crippen molar-refractivity contribution in [2.75, 3.05) is 6.26 Å². The van der Waals surface area contributed by atoms with Gasteiger partial charge in [0.05, 0.1) is 6.26 Å². The topological polar surface area (TPSA) is 74.9 Å². The van der Waals surface area contributed by atoms with Gasteiger partial charge in [-0.3, -0.25) is 0 Å². The van der Waals surface area contributed by atoms with Gasteiger partial charge in [0.1, 0.15) is 5.75 Å². The Morgan fingerprint density at radius 1 is 1.17 bits per heavy atom. The predicted molar refractivity (Wildman–Crippen MR) is 45.5 cm³/mol. The molecule has 1 aromatic rings. The molecule has 0 heterocycles. The molecular formula is C7H10O4S. The first kappa shape index (κ1) is 10.9. The van der Waals surface area contributed by atoms with E-state index < -0.39 is 10.1 Å². The highest BCUT2D eigenvalue weighted by molar-refractivity contribution is 7.86. The number of hydrogen-bond donors (Lipinski definition) is 0. The summed E-state index contributed by atoms with van der Waals surface area (Å²) in [7, 11) is -3.38. The van der Waals surface area contributed by atoms with Gasteiger partial charge in [-0.1, -0.05) is 18.2 Å². The second kappa shape index (κ2) is 4.08. The summed E-state index contributed by atoms with van der Waals surface area (Å²) in [6.45, 7) is 0. The van der Waals surface area contributed by atoms with Gasteiger partial charge in [-0.15, -0.1) is 0 Å². The molecule has 0 aliphatic heterocycles. The van der Waals surface area contributed by atoms with Crippen molar-refractivity contribution in [3.05, 3.63) is 30.3 Å². The largest absolute Gasteiger partial charge is 0.412 e. The highest BCUT2D eigenvalue weighted by Gasteiger charge is 2.01. The molecule has 0 atom stereocenters. The van der Waals surface area contributed by atoms with Crippen LogP contribution >= 0.6 is 0 Å². The quantitative estimate of drug-likeness (QED) is 0.625. The van der Waals surface area contributed by atoms with Crippen LogP contribution in [-0.2, 0) is 10.1 Å². The third kappa shape index (κ3) is 3.95. The number of rotatable bonds is 2. The van der Waals surface area contributed by atoms with Crippen molar-refractivity contribution in [2.45, 2.75) is 0 Å². The second-order valence-electron chi connectivity index (χ2n) is 2.10. The van der Waals surface area contributed by atoms with Crippen LogP contribution in [0.3, 0.4) is 0 Å². The molecule has 4 nitrogen and oxygen atoms in total. The van der Waals surface area contributed by atoms with E-state index in [-0.39, 0.29) is 5.48 Å². The molecule has 0 fully saturated rings. The first-order valence-electron chi connectivity index (χ1n) is 3.02. The Kier molecular flexibility index (Phi) is 3.72. The molecule has 0 spiro atoms. The first-order valence-corrected chi connectivity index (χ1v) is 4.84. The van der Waals surface area contributed by atoms with Gasteiger partial charge in [0.25, 0.3) is 0 Å². The molecule has 0 radical (unpaired) electrons. The fourth-order valence-corrected chi connectivity index (χ4v) is 1.11. The Hall–Kier alpha value is -1.07. The van der Waals surface area contributed by atoms with Crippen LogP contribution < -0.4 is 4.18 Å². The molecule has 0 aliphatic rings. The fourth-order valence-electron chi connectivity index (χ4n) is 0.651. The van der Waals surface area contributed by atoms with E-state index in [1.54, 1.807) is 30.3 Å². The molecule has 0 unspecified atom stereocenters. The minimum atomic E-state index is -3.38. The Bertz CT molecular complexity index is 317. The highest BCUT2D eigenvalue weighted by Crippen LogP contribution is 2.09. The Morgan fingerprint density at radius 3 is 2.08 bits per heavy atom. The van der Waals surface area contributed by atoms with E-state index in [0.717, 1.165) is 6.26 Å². The monoisotopic (exact) mass is 190 g/mol. The van der Waals surface area contributed by atoms with Gasteiger partial charge >= 0.3 is 10.1 Å². The standard InChI is InChI=1S/C7H8O3S.H2O/c1-11(8,9)10-7-5-3-2-4-6-7;/h2-6H,1H3;1H2. The summed E-state index contributed by atoms with van der Waals surface area (Å²) in [4.78, 5) is 0. The van der Waals surface area contributed by atoms with Gasteiger partial charge < -0.3 is 9.66 Å². The minimum absolute atomic E-state index is 0. The van der Waals surface area contributed by atoms with Gasteiger partial charge in [0.2, 0.25) is 0 Å². The molecule has 0 amide bonds. The molecule has 12 heavy (non-hydrogen) atoms. The van der Waals surface area contributed by atoms with E-state index >= 15 is 0 Å². The molecular weight excluding hydrogens is 180 g/mol. The maximum Gasteiger partial charge on any atom is 0.306 e. The maximum absolute atomic E-state index is 10.6. The van der Waals surface area contributed by atoms with Crippen LogP contribution in [0.4, 0.5) is 0 Å². The van der Waals surface area contributed by atoms with Crippen LogP contribution in [0.2, 0.25) is 0 Å². The van der Waals surface area contributed by atoms with Crippen molar-refractivity contribution < 1.29 is 18.1 Å². The summed E-state index contributed by atoms with van der Waals surface area (Å²) in [5, 5.41) is 0. The lowest BCUT2D eigenvalue weighted by Crippen LogP contribution is -2.05. The number of para-hydroxylation sites is 1. The van der Waals surface area contributed by atoms with Crippen molar-refractivity contribution in [1.29, 1.82) is 0 Å². The molecule has 5 heteroatoms. The normalized spacial score (nSPS) is 10.1. The lowest BCUT2D eigenvalue weighted by atomic mass is 10.3. The van der Waals surface area contributed by atoms with Gasteiger partial charge in [-0.05, 0) is 12.1 Å². The van der Waals surface area contributed by atoms with E-state index in [4.69, 9.17) is 0 Å². The molecule has 68 valence electrons. The van der Waals surface area contributed by atoms with Gasteiger partial charge in [-0.25, -0.2) is 0 Å². The van der Waals surface area contributed by atoms with E-state index in [1.165, 1.54) is 0 Å². The van der Waals surface area contributed by atoms with Crippen LogP contribution in [0.25, 0.3) is 0 Å². The smallest absolute Gasteiger partial charge is 0.306 e. The summed E-state index contributed by atoms with van der Waals surface area (Å²) < 4.78 is 25.7. The van der Waals surface area contributed by atoms with Crippen LogP contribution in [0.15, 0.2) is 30.3 Å². The van der Waals surface area contributed by atoms with Crippen LogP contribution in [0.1, 0.15) is 0 Å². The molecule has 0 aliphatic carbocycles. The van der Waals surface area contributed by atoms with Crippen molar-refractivity contribution in [1.82, 2.24) is 0 Å². The van der Waals surface area contributed by atoms with Crippen LogP contribution in [0.5, 0.6) is 5.75 Å². The summed E-state index contributed by atoms with van der Waals surface area (Å²) in [5.74, 6) is 0.343. The fraction of sp³-hybridized carbons (Fsp3) is 0.143. The molecule has 0 saturated heterocycles. The zero-order chi connectivity index (χ0) is 8.32. The molecule has 2 N–H and O–H groups in total. The van der Waals surface area contributed by atoms with E-state index in [2.05, 4.69) is 4.18 Å². The third-order valence-corrected chi connectivity index (χ3v) is 1.49. The Labute approximate surface area is 71.2 Å². The van der Waals surface area contributed by atoms with Crippen molar-refractivity contribution >= 4 is 10.1 Å². The lowest BCUT2D eigenvalue weighted by Gasteiger charge is -1.99. The predicted octanol–water partition coefficient (Wildman–Crippen LogP) is 0.200. The van der Waals surface area contributed by atoms with E-state index in [1.807, 2.05) is 0 Å². The zero-order valence-electron chi connectivity index (χ0n) is 6.52. The van der Waals surface area contributed by atoms with Gasteiger partial charge in [0, 0.05) is 0 Å². The van der Waals surface area contributed by atoms with Crippen LogP contribution in [-0.4, -0.2) is 20.1 Å². The first-order chi connectivity index (χ1) is 5.08. The third-order valence-electron chi connectivity index (χ3n) is 0.991. The maximum atomic E-state index is 10.6.